The number of hydrogen-bond acceptors (Lipinski definition) is 3. The van der Waals surface area contributed by atoms with Crippen LogP contribution in [0.25, 0.3) is 11.1 Å². The Bertz CT molecular complexity index is 630. The molecule has 0 bridgehead atoms. The van der Waals surface area contributed by atoms with Gasteiger partial charge in [-0.05, 0) is 42.7 Å². The van der Waals surface area contributed by atoms with E-state index < -0.39 is 0 Å². The van der Waals surface area contributed by atoms with Crippen LogP contribution in [0.15, 0.2) is 30.3 Å². The van der Waals surface area contributed by atoms with E-state index in [1.807, 2.05) is 32.0 Å². The second-order valence-electron chi connectivity index (χ2n) is 4.54. The average molecular weight is 256 g/mol. The lowest BCUT2D eigenvalue weighted by atomic mass is 9.98. The first-order valence-corrected chi connectivity index (χ1v) is 6.00. The van der Waals surface area contributed by atoms with E-state index in [0.29, 0.717) is 16.9 Å². The van der Waals surface area contributed by atoms with Gasteiger partial charge < -0.3 is 9.84 Å². The molecule has 0 heterocycles. The summed E-state index contributed by atoms with van der Waals surface area (Å²) >= 11 is 0. The third-order valence-corrected chi connectivity index (χ3v) is 3.27. The lowest BCUT2D eigenvalue weighted by Gasteiger charge is -2.11. The van der Waals surface area contributed by atoms with E-state index in [4.69, 9.17) is 4.74 Å². The molecule has 0 unspecified atom stereocenters. The van der Waals surface area contributed by atoms with Crippen molar-refractivity contribution in [2.24, 2.45) is 0 Å². The molecule has 2 aromatic carbocycles. The van der Waals surface area contributed by atoms with Crippen LogP contribution >= 0.6 is 0 Å². The molecular weight excluding hydrogens is 240 g/mol. The highest BCUT2D eigenvalue weighted by Crippen LogP contribution is 2.38. The van der Waals surface area contributed by atoms with Crippen molar-refractivity contribution in [1.29, 1.82) is 0 Å². The number of rotatable bonds is 3. The molecule has 0 atom stereocenters. The van der Waals surface area contributed by atoms with Crippen LogP contribution in [0, 0.1) is 13.8 Å². The lowest BCUT2D eigenvalue weighted by Crippen LogP contribution is -1.91. The zero-order chi connectivity index (χ0) is 14.0. The Labute approximate surface area is 112 Å². The van der Waals surface area contributed by atoms with Crippen LogP contribution in [0.1, 0.15) is 21.5 Å². The van der Waals surface area contributed by atoms with Gasteiger partial charge in [-0.15, -0.1) is 0 Å². The number of carbonyl (C=O) groups is 1. The smallest absolute Gasteiger partial charge is 0.165 e. The zero-order valence-corrected chi connectivity index (χ0v) is 11.2. The molecule has 1 N–H and O–H groups in total. The van der Waals surface area contributed by atoms with Gasteiger partial charge in [0.1, 0.15) is 6.29 Å². The minimum atomic E-state index is 0.0522. The number of ether oxygens (including phenoxy) is 1. The quantitative estimate of drug-likeness (QED) is 0.855. The number of methoxy groups -OCH3 is 1. The highest BCUT2D eigenvalue weighted by Gasteiger charge is 2.12. The molecule has 0 saturated carbocycles. The normalized spacial score (nSPS) is 10.3. The van der Waals surface area contributed by atoms with E-state index in [1.54, 1.807) is 6.07 Å². The van der Waals surface area contributed by atoms with Gasteiger partial charge in [-0.3, -0.25) is 4.79 Å². The summed E-state index contributed by atoms with van der Waals surface area (Å²) in [6.07, 6.45) is 0.743. The Morgan fingerprint density at radius 2 is 1.84 bits per heavy atom. The van der Waals surface area contributed by atoms with Gasteiger partial charge in [0.15, 0.2) is 11.5 Å². The van der Waals surface area contributed by atoms with E-state index in [-0.39, 0.29) is 5.75 Å². The molecule has 0 fully saturated rings. The molecule has 0 saturated heterocycles. The maximum absolute atomic E-state index is 11.0. The fourth-order valence-electron chi connectivity index (χ4n) is 1.98. The van der Waals surface area contributed by atoms with E-state index in [2.05, 4.69) is 0 Å². The molecule has 2 rings (SSSR count). The number of aldehydes is 1. The molecular formula is C16H16O3. The predicted octanol–water partition coefficient (Wildman–Crippen LogP) is 3.50. The number of hydrogen-bond donors (Lipinski definition) is 1. The number of benzene rings is 2. The van der Waals surface area contributed by atoms with Crippen molar-refractivity contribution in [2.75, 3.05) is 7.11 Å². The van der Waals surface area contributed by atoms with E-state index in [1.165, 1.54) is 18.7 Å². The molecule has 0 aromatic heterocycles. The highest BCUT2D eigenvalue weighted by atomic mass is 16.5. The Morgan fingerprint density at radius 1 is 1.11 bits per heavy atom. The third kappa shape index (κ3) is 2.45. The maximum atomic E-state index is 11.0. The van der Waals surface area contributed by atoms with Crippen molar-refractivity contribution in [3.8, 4) is 22.6 Å². The van der Waals surface area contributed by atoms with Crippen LogP contribution in [0.3, 0.4) is 0 Å². The van der Waals surface area contributed by atoms with Crippen LogP contribution < -0.4 is 4.74 Å². The van der Waals surface area contributed by atoms with Crippen molar-refractivity contribution >= 4 is 6.29 Å². The molecule has 0 aliphatic rings. The summed E-state index contributed by atoms with van der Waals surface area (Å²) in [4.78, 5) is 11.0. The Kier molecular flexibility index (Phi) is 3.56. The topological polar surface area (TPSA) is 46.5 Å². The van der Waals surface area contributed by atoms with Crippen molar-refractivity contribution in [3.05, 3.63) is 47.0 Å². The number of aryl methyl sites for hydroxylation is 2. The summed E-state index contributed by atoms with van der Waals surface area (Å²) in [6.45, 7) is 4.04. The first-order chi connectivity index (χ1) is 9.06. The van der Waals surface area contributed by atoms with Gasteiger partial charge in [-0.2, -0.15) is 0 Å². The summed E-state index contributed by atoms with van der Waals surface area (Å²) in [6, 6.07) is 9.08. The van der Waals surface area contributed by atoms with Crippen LogP contribution in [-0.4, -0.2) is 18.5 Å². The summed E-state index contributed by atoms with van der Waals surface area (Å²) < 4.78 is 5.09. The van der Waals surface area contributed by atoms with E-state index in [0.717, 1.165) is 17.4 Å². The van der Waals surface area contributed by atoms with Gasteiger partial charge in [0.25, 0.3) is 0 Å². The first-order valence-electron chi connectivity index (χ1n) is 6.00. The molecule has 0 radical (unpaired) electrons. The molecule has 98 valence electrons. The van der Waals surface area contributed by atoms with Crippen LogP contribution in [0.2, 0.25) is 0 Å². The van der Waals surface area contributed by atoms with Crippen molar-refractivity contribution in [2.45, 2.75) is 13.8 Å². The fraction of sp³-hybridized carbons (Fsp3) is 0.188. The molecule has 0 amide bonds. The second kappa shape index (κ2) is 5.14. The molecule has 3 nitrogen and oxygen atoms in total. The van der Waals surface area contributed by atoms with Gasteiger partial charge in [-0.25, -0.2) is 0 Å². The van der Waals surface area contributed by atoms with Crippen LogP contribution in [0.4, 0.5) is 0 Å². The summed E-state index contributed by atoms with van der Waals surface area (Å²) in [7, 11) is 1.47. The van der Waals surface area contributed by atoms with Gasteiger partial charge in [0, 0.05) is 11.1 Å². The highest BCUT2D eigenvalue weighted by molar-refractivity contribution is 5.84. The molecule has 2 aromatic rings. The molecule has 0 aliphatic carbocycles. The van der Waals surface area contributed by atoms with Crippen LogP contribution in [0.5, 0.6) is 11.5 Å². The van der Waals surface area contributed by atoms with Gasteiger partial charge in [0.05, 0.1) is 7.11 Å². The Morgan fingerprint density at radius 3 is 2.42 bits per heavy atom. The fourth-order valence-corrected chi connectivity index (χ4v) is 1.98. The summed E-state index contributed by atoms with van der Waals surface area (Å²) in [5.41, 5.74) is 4.25. The van der Waals surface area contributed by atoms with Crippen molar-refractivity contribution < 1.29 is 14.6 Å². The number of phenolic OH excluding ortho intramolecular Hbond substituents is 1. The first kappa shape index (κ1) is 13.1. The number of aromatic hydroxyl groups is 1. The Hall–Kier alpha value is -2.29. The average Bonchev–Trinajstić information content (AvgIpc) is 2.42. The molecule has 3 heteroatoms. The molecule has 0 spiro atoms. The summed E-state index contributed by atoms with van der Waals surface area (Å²) in [5, 5.41) is 10.2. The van der Waals surface area contributed by atoms with Gasteiger partial charge in [-0.1, -0.05) is 18.2 Å². The molecule has 19 heavy (non-hydrogen) atoms. The van der Waals surface area contributed by atoms with Gasteiger partial charge in [0.2, 0.25) is 0 Å². The lowest BCUT2D eigenvalue weighted by molar-refractivity contribution is 0.112. The van der Waals surface area contributed by atoms with Gasteiger partial charge >= 0.3 is 0 Å². The van der Waals surface area contributed by atoms with E-state index in [9.17, 15) is 9.90 Å². The van der Waals surface area contributed by atoms with Crippen LogP contribution in [-0.2, 0) is 0 Å². The maximum Gasteiger partial charge on any atom is 0.165 e. The minimum Gasteiger partial charge on any atom is -0.504 e. The van der Waals surface area contributed by atoms with Crippen molar-refractivity contribution in [1.82, 2.24) is 0 Å². The summed E-state index contributed by atoms with van der Waals surface area (Å²) in [5.74, 6) is 0.356. The number of carbonyl (C=O) groups excluding carboxylic acids is 1. The number of phenols is 1. The predicted molar refractivity (Wildman–Crippen MR) is 75.0 cm³/mol. The van der Waals surface area contributed by atoms with E-state index >= 15 is 0 Å². The standard InChI is InChI=1S/C16H16O3/c1-10-4-5-13(6-11(10)2)14-7-12(9-17)8-15(19-3)16(14)18/h4-9,18H,1-3H3. The van der Waals surface area contributed by atoms with Crippen molar-refractivity contribution in [3.63, 3.8) is 0 Å². The zero-order valence-electron chi connectivity index (χ0n) is 11.2. The largest absolute Gasteiger partial charge is 0.504 e. The SMILES string of the molecule is COc1cc(C=O)cc(-c2ccc(C)c(C)c2)c1O. The Balaban J connectivity index is 2.66. The minimum absolute atomic E-state index is 0.0522. The second-order valence-corrected chi connectivity index (χ2v) is 4.54. The molecule has 0 aliphatic heterocycles. The third-order valence-electron chi connectivity index (χ3n) is 3.27. The monoisotopic (exact) mass is 256 g/mol.